The molecule has 2 aromatic rings. The molecule has 2 N–H and O–H groups in total. The van der Waals surface area contributed by atoms with Crippen LogP contribution >= 0.6 is 22.7 Å². The maximum absolute atomic E-state index is 6.03. The minimum absolute atomic E-state index is 0.365. The average Bonchev–Trinajstić information content (AvgIpc) is 2.70. The van der Waals surface area contributed by atoms with Gasteiger partial charge in [-0.1, -0.05) is 0 Å². The summed E-state index contributed by atoms with van der Waals surface area (Å²) in [5.74, 6) is 0. The number of hydrogen-bond acceptors (Lipinski definition) is 5. The van der Waals surface area contributed by atoms with E-state index in [9.17, 15) is 0 Å². The highest BCUT2D eigenvalue weighted by Gasteiger charge is 2.20. The summed E-state index contributed by atoms with van der Waals surface area (Å²) in [5.41, 5.74) is 7.71. The Labute approximate surface area is 103 Å². The van der Waals surface area contributed by atoms with E-state index in [0.29, 0.717) is 0 Å². The molecule has 16 heavy (non-hydrogen) atoms. The second-order valence-electron chi connectivity index (χ2n) is 4.41. The van der Waals surface area contributed by atoms with Crippen molar-refractivity contribution in [3.63, 3.8) is 0 Å². The van der Waals surface area contributed by atoms with Crippen molar-refractivity contribution in [1.29, 1.82) is 0 Å². The molecule has 0 fully saturated rings. The summed E-state index contributed by atoms with van der Waals surface area (Å²) in [5, 5.41) is 4.10. The van der Waals surface area contributed by atoms with Gasteiger partial charge in [0.25, 0.3) is 0 Å². The smallest absolute Gasteiger partial charge is 0.113 e. The second-order valence-corrected chi connectivity index (χ2v) is 6.47. The van der Waals surface area contributed by atoms with Crippen molar-refractivity contribution in [2.75, 3.05) is 0 Å². The van der Waals surface area contributed by atoms with E-state index in [-0.39, 0.29) is 5.54 Å². The molecule has 0 radical (unpaired) electrons. The van der Waals surface area contributed by atoms with Crippen LogP contribution in [0, 0.1) is 13.8 Å². The van der Waals surface area contributed by atoms with Crippen molar-refractivity contribution >= 4 is 22.7 Å². The number of nitrogens with zero attached hydrogens (tertiary/aromatic N) is 2. The molecule has 2 rings (SSSR count). The molecule has 86 valence electrons. The first-order valence-electron chi connectivity index (χ1n) is 5.07. The zero-order valence-corrected chi connectivity index (χ0v) is 11.5. The molecule has 0 amide bonds. The Hall–Kier alpha value is -0.780. The molecular weight excluding hydrogens is 238 g/mol. The van der Waals surface area contributed by atoms with Crippen LogP contribution in [0.4, 0.5) is 0 Å². The second kappa shape index (κ2) is 3.91. The standard InChI is InChI=1S/C11H15N3S2/c1-6-9(16-7(2)13-6)8-5-15-10(14-8)11(3,4)12/h5H,12H2,1-4H3. The van der Waals surface area contributed by atoms with E-state index < -0.39 is 0 Å². The van der Waals surface area contributed by atoms with Crippen LogP contribution in [0.15, 0.2) is 5.38 Å². The quantitative estimate of drug-likeness (QED) is 0.895. The van der Waals surface area contributed by atoms with E-state index in [1.165, 1.54) is 0 Å². The predicted octanol–water partition coefficient (Wildman–Crippen LogP) is 3.08. The van der Waals surface area contributed by atoms with Gasteiger partial charge in [0.2, 0.25) is 0 Å². The van der Waals surface area contributed by atoms with Crippen LogP contribution in [0.1, 0.15) is 29.6 Å². The molecular formula is C11H15N3S2. The molecule has 0 aromatic carbocycles. The van der Waals surface area contributed by atoms with Gasteiger partial charge >= 0.3 is 0 Å². The Kier molecular flexibility index (Phi) is 2.86. The lowest BCUT2D eigenvalue weighted by molar-refractivity contribution is 0.551. The average molecular weight is 253 g/mol. The number of rotatable bonds is 2. The van der Waals surface area contributed by atoms with E-state index in [2.05, 4.69) is 15.3 Å². The Bertz CT molecular complexity index is 506. The van der Waals surface area contributed by atoms with Crippen LogP contribution in [0.3, 0.4) is 0 Å². The SMILES string of the molecule is Cc1nc(C)c(-c2csc(C(C)(C)N)n2)s1. The Morgan fingerprint density at radius 2 is 1.94 bits per heavy atom. The van der Waals surface area contributed by atoms with Gasteiger partial charge in [-0.25, -0.2) is 9.97 Å². The van der Waals surface area contributed by atoms with Crippen LogP contribution in [-0.4, -0.2) is 9.97 Å². The van der Waals surface area contributed by atoms with Crippen LogP contribution in [0.5, 0.6) is 0 Å². The van der Waals surface area contributed by atoms with Gasteiger partial charge in [0.15, 0.2) is 0 Å². The molecule has 0 unspecified atom stereocenters. The fourth-order valence-corrected chi connectivity index (χ4v) is 3.25. The van der Waals surface area contributed by atoms with Gasteiger partial charge in [-0.2, -0.15) is 0 Å². The van der Waals surface area contributed by atoms with Gasteiger partial charge in [0.05, 0.1) is 26.8 Å². The molecule has 0 aliphatic rings. The van der Waals surface area contributed by atoms with Crippen molar-refractivity contribution in [2.45, 2.75) is 33.2 Å². The molecule has 0 aliphatic heterocycles. The van der Waals surface area contributed by atoms with Gasteiger partial charge in [-0.05, 0) is 27.7 Å². The van der Waals surface area contributed by atoms with E-state index in [1.807, 2.05) is 27.7 Å². The number of aromatic nitrogens is 2. The minimum atomic E-state index is -0.365. The highest BCUT2D eigenvalue weighted by atomic mass is 32.1. The normalized spacial score (nSPS) is 12.1. The summed E-state index contributed by atoms with van der Waals surface area (Å²) in [7, 11) is 0. The first-order chi connectivity index (χ1) is 7.38. The fourth-order valence-electron chi connectivity index (χ4n) is 1.44. The Balaban J connectivity index is 2.43. The lowest BCUT2D eigenvalue weighted by atomic mass is 10.1. The first kappa shape index (κ1) is 11.7. The van der Waals surface area contributed by atoms with Crippen LogP contribution in [0.25, 0.3) is 10.6 Å². The lowest BCUT2D eigenvalue weighted by Crippen LogP contribution is -2.28. The van der Waals surface area contributed by atoms with Gasteiger partial charge in [0.1, 0.15) is 5.01 Å². The van der Waals surface area contributed by atoms with E-state index in [0.717, 1.165) is 26.3 Å². The van der Waals surface area contributed by atoms with Crippen molar-refractivity contribution in [1.82, 2.24) is 9.97 Å². The van der Waals surface area contributed by atoms with Crippen molar-refractivity contribution in [3.05, 3.63) is 21.1 Å². The summed E-state index contributed by atoms with van der Waals surface area (Å²) >= 11 is 3.30. The van der Waals surface area contributed by atoms with Crippen LogP contribution in [-0.2, 0) is 5.54 Å². The van der Waals surface area contributed by atoms with Gasteiger partial charge < -0.3 is 5.73 Å². The summed E-state index contributed by atoms with van der Waals surface area (Å²) < 4.78 is 0. The number of aryl methyl sites for hydroxylation is 2. The molecule has 0 aliphatic carbocycles. The molecule has 0 saturated carbocycles. The number of hydrogen-bond donors (Lipinski definition) is 1. The summed E-state index contributed by atoms with van der Waals surface area (Å²) in [6, 6.07) is 0. The van der Waals surface area contributed by atoms with Crippen LogP contribution in [0.2, 0.25) is 0 Å². The third-order valence-electron chi connectivity index (χ3n) is 2.19. The highest BCUT2D eigenvalue weighted by molar-refractivity contribution is 7.16. The topological polar surface area (TPSA) is 51.8 Å². The van der Waals surface area contributed by atoms with E-state index in [4.69, 9.17) is 5.73 Å². The third-order valence-corrected chi connectivity index (χ3v) is 4.47. The zero-order chi connectivity index (χ0) is 11.9. The summed E-state index contributed by atoms with van der Waals surface area (Å²) in [6.07, 6.45) is 0. The third kappa shape index (κ3) is 2.16. The van der Waals surface area contributed by atoms with Crippen LogP contribution < -0.4 is 5.73 Å². The van der Waals surface area contributed by atoms with E-state index >= 15 is 0 Å². The van der Waals surface area contributed by atoms with Crippen molar-refractivity contribution in [2.24, 2.45) is 5.73 Å². The molecule has 2 heterocycles. The lowest BCUT2D eigenvalue weighted by Gasteiger charge is -2.13. The highest BCUT2D eigenvalue weighted by Crippen LogP contribution is 2.32. The molecule has 0 bridgehead atoms. The van der Waals surface area contributed by atoms with E-state index in [1.54, 1.807) is 22.7 Å². The van der Waals surface area contributed by atoms with Crippen molar-refractivity contribution < 1.29 is 0 Å². The molecule has 0 atom stereocenters. The predicted molar refractivity (Wildman–Crippen MR) is 69.9 cm³/mol. The number of nitrogens with two attached hydrogens (primary N) is 1. The van der Waals surface area contributed by atoms with Gasteiger partial charge in [-0.3, -0.25) is 0 Å². The maximum Gasteiger partial charge on any atom is 0.113 e. The molecule has 0 spiro atoms. The van der Waals surface area contributed by atoms with Crippen molar-refractivity contribution in [3.8, 4) is 10.6 Å². The Morgan fingerprint density at radius 3 is 2.38 bits per heavy atom. The minimum Gasteiger partial charge on any atom is -0.320 e. The zero-order valence-electron chi connectivity index (χ0n) is 9.87. The fraction of sp³-hybridized carbons (Fsp3) is 0.455. The summed E-state index contributed by atoms with van der Waals surface area (Å²) in [6.45, 7) is 7.98. The van der Waals surface area contributed by atoms with Gasteiger partial charge in [0, 0.05) is 5.38 Å². The molecule has 0 saturated heterocycles. The number of thiazole rings is 2. The van der Waals surface area contributed by atoms with Gasteiger partial charge in [-0.15, -0.1) is 22.7 Å². The molecule has 3 nitrogen and oxygen atoms in total. The maximum atomic E-state index is 6.03. The monoisotopic (exact) mass is 253 g/mol. The Morgan fingerprint density at radius 1 is 1.25 bits per heavy atom. The summed E-state index contributed by atoms with van der Waals surface area (Å²) in [4.78, 5) is 10.2. The first-order valence-corrected chi connectivity index (χ1v) is 6.77. The largest absolute Gasteiger partial charge is 0.320 e. The molecule has 5 heteroatoms. The molecule has 2 aromatic heterocycles.